The van der Waals surface area contributed by atoms with Crippen LogP contribution in [0.1, 0.15) is 103 Å². The molecule has 50 heavy (non-hydrogen) atoms. The number of pyridine rings is 1. The van der Waals surface area contributed by atoms with Crippen LogP contribution in [-0.2, 0) is 16.1 Å². The van der Waals surface area contributed by atoms with Gasteiger partial charge in [-0.3, -0.25) is 19.5 Å². The Labute approximate surface area is 300 Å². The Morgan fingerprint density at radius 1 is 1.04 bits per heavy atom. The second-order valence-corrected chi connectivity index (χ2v) is 12.6. The van der Waals surface area contributed by atoms with Gasteiger partial charge in [-0.05, 0) is 112 Å². The number of benzene rings is 1. The first-order valence-corrected chi connectivity index (χ1v) is 18.2. The van der Waals surface area contributed by atoms with Crippen molar-refractivity contribution in [3.8, 4) is 11.3 Å². The van der Waals surface area contributed by atoms with E-state index in [1.165, 1.54) is 29.7 Å². The minimum absolute atomic E-state index is 0.111. The average Bonchev–Trinajstić information content (AvgIpc) is 3.56. The quantitative estimate of drug-likeness (QED) is 0.0916. The van der Waals surface area contributed by atoms with Crippen LogP contribution in [0.4, 0.5) is 5.69 Å². The zero-order valence-electron chi connectivity index (χ0n) is 31.4. The lowest BCUT2D eigenvalue weighted by molar-refractivity contribution is -0.117. The summed E-state index contributed by atoms with van der Waals surface area (Å²) in [6.45, 7) is 23.8. The van der Waals surface area contributed by atoms with Crippen molar-refractivity contribution in [3.05, 3.63) is 95.8 Å². The summed E-state index contributed by atoms with van der Waals surface area (Å²) in [5.74, 6) is -0.380. The fourth-order valence-electron chi connectivity index (χ4n) is 5.67. The van der Waals surface area contributed by atoms with Crippen molar-refractivity contribution in [2.45, 2.75) is 99.1 Å². The van der Waals surface area contributed by atoms with Crippen LogP contribution >= 0.6 is 0 Å². The average molecular weight is 684 g/mol. The number of piperidine rings is 1. The van der Waals surface area contributed by atoms with Crippen LogP contribution in [0.15, 0.2) is 74.0 Å². The molecule has 272 valence electrons. The molecule has 8 heteroatoms. The van der Waals surface area contributed by atoms with Gasteiger partial charge < -0.3 is 20.4 Å². The van der Waals surface area contributed by atoms with Gasteiger partial charge in [-0.25, -0.2) is 0 Å². The van der Waals surface area contributed by atoms with Crippen LogP contribution in [0.5, 0.6) is 0 Å². The number of rotatable bonds is 14. The van der Waals surface area contributed by atoms with Gasteiger partial charge in [0.25, 0.3) is 5.91 Å². The number of anilines is 1. The lowest BCUT2D eigenvalue weighted by Gasteiger charge is -2.33. The monoisotopic (exact) mass is 683 g/mol. The van der Waals surface area contributed by atoms with Crippen LogP contribution in [0.2, 0.25) is 0 Å². The summed E-state index contributed by atoms with van der Waals surface area (Å²) in [5.41, 5.74) is 5.62. The molecule has 1 fully saturated rings. The topological polar surface area (TPSA) is 99.4 Å². The predicted octanol–water partition coefficient (Wildman–Crippen LogP) is 7.77. The summed E-state index contributed by atoms with van der Waals surface area (Å²) in [6.07, 6.45) is 14.6. The molecule has 1 aliphatic rings. The van der Waals surface area contributed by atoms with Gasteiger partial charge in [-0.15, -0.1) is 6.58 Å². The Balaban J connectivity index is 0.000000685. The number of hydrogen-bond acceptors (Lipinski definition) is 5. The number of carbonyl (C=O) groups excluding carboxylic acids is 2. The molecule has 3 aromatic rings. The summed E-state index contributed by atoms with van der Waals surface area (Å²) >= 11 is 0. The number of aromatic amines is 1. The highest BCUT2D eigenvalue weighted by atomic mass is 16.5. The van der Waals surface area contributed by atoms with Crippen molar-refractivity contribution >= 4 is 29.2 Å². The number of nitrogens with zero attached hydrogens (tertiary/aromatic N) is 2. The van der Waals surface area contributed by atoms with Gasteiger partial charge in [0.05, 0.1) is 0 Å². The number of ether oxygens (including phenoxy) is 1. The maximum Gasteiger partial charge on any atom is 0.274 e. The third kappa shape index (κ3) is 14.7. The molecular formula is C42H61N5O3. The van der Waals surface area contributed by atoms with E-state index < -0.39 is 0 Å². The maximum atomic E-state index is 13.0. The number of amides is 2. The molecule has 0 bridgehead atoms. The number of allylic oxidation sites excluding steroid dienone is 1. The molecule has 4 rings (SSSR count). The minimum Gasteiger partial charge on any atom is -0.381 e. The molecule has 0 aliphatic carbocycles. The SMILES string of the molecule is C=CC.C=CC(=O)NC1CCCN(Cc2ccnc(C(=O)Nc3ccc(-c4cc(=C(\C)CCC)/c(=C\C)[nH]4)cc3)c2)C1.CCCCOCCC. The van der Waals surface area contributed by atoms with Gasteiger partial charge >= 0.3 is 0 Å². The normalized spacial score (nSPS) is 15.1. The van der Waals surface area contributed by atoms with E-state index in [2.05, 4.69) is 78.5 Å². The fourth-order valence-corrected chi connectivity index (χ4v) is 5.67. The third-order valence-electron chi connectivity index (χ3n) is 8.17. The smallest absolute Gasteiger partial charge is 0.274 e. The van der Waals surface area contributed by atoms with Crippen LogP contribution in [0, 0.1) is 0 Å². The molecule has 3 N–H and O–H groups in total. The second-order valence-electron chi connectivity index (χ2n) is 12.6. The van der Waals surface area contributed by atoms with Gasteiger partial charge in [0.2, 0.25) is 5.91 Å². The first-order chi connectivity index (χ1) is 24.2. The third-order valence-corrected chi connectivity index (χ3v) is 8.17. The minimum atomic E-state index is -0.241. The van der Waals surface area contributed by atoms with Gasteiger partial charge in [0, 0.05) is 55.3 Å². The summed E-state index contributed by atoms with van der Waals surface area (Å²) in [6, 6.07) is 14.0. The standard InChI is InChI=1S/C32H39N5O2.C7H16O.C3H6/c1-5-9-22(4)27-19-29(36-28(27)6-2)24-11-13-25(14-12-24)35-32(39)30-18-23(15-16-33-30)20-37-17-8-10-26(21-37)34-31(38)7-3;1-3-5-7-8-6-4-2;1-3-2/h6-7,11-16,18-19,26,36H,3,5,8-10,17,20-21H2,1-2,4H3,(H,34,38)(H,35,39);3-7H2,1-2H3;3H,1H2,2H3/b27-22-,28-6+;;. The van der Waals surface area contributed by atoms with E-state index in [1.807, 2.05) is 50.2 Å². The van der Waals surface area contributed by atoms with Crippen molar-refractivity contribution in [2.24, 2.45) is 0 Å². The zero-order valence-corrected chi connectivity index (χ0v) is 31.4. The predicted molar refractivity (Wildman–Crippen MR) is 210 cm³/mol. The lowest BCUT2D eigenvalue weighted by atomic mass is 10.0. The molecule has 8 nitrogen and oxygen atoms in total. The summed E-state index contributed by atoms with van der Waals surface area (Å²) in [7, 11) is 0. The van der Waals surface area contributed by atoms with E-state index >= 15 is 0 Å². The molecule has 3 heterocycles. The van der Waals surface area contributed by atoms with Crippen LogP contribution in [0.3, 0.4) is 0 Å². The zero-order chi connectivity index (χ0) is 36.7. The molecule has 1 saturated heterocycles. The Morgan fingerprint density at radius 2 is 1.78 bits per heavy atom. The number of carbonyl (C=O) groups is 2. The first kappa shape index (κ1) is 41.9. The lowest BCUT2D eigenvalue weighted by Crippen LogP contribution is -2.46. The van der Waals surface area contributed by atoms with E-state index in [9.17, 15) is 9.59 Å². The van der Waals surface area contributed by atoms with Gasteiger partial charge in [0.15, 0.2) is 0 Å². The van der Waals surface area contributed by atoms with Crippen LogP contribution < -0.4 is 21.2 Å². The van der Waals surface area contributed by atoms with E-state index in [-0.39, 0.29) is 17.9 Å². The highest BCUT2D eigenvalue weighted by Gasteiger charge is 2.21. The molecule has 1 unspecified atom stereocenters. The Bertz CT molecular complexity index is 1590. The molecule has 0 radical (unpaired) electrons. The number of H-pyrrole nitrogens is 1. The van der Waals surface area contributed by atoms with Crippen LogP contribution in [-0.4, -0.2) is 59.0 Å². The van der Waals surface area contributed by atoms with Crippen molar-refractivity contribution in [2.75, 3.05) is 31.6 Å². The number of nitrogens with one attached hydrogen (secondary N) is 3. The van der Waals surface area contributed by atoms with E-state index in [1.54, 1.807) is 12.3 Å². The van der Waals surface area contributed by atoms with Gasteiger partial charge in [0.1, 0.15) is 5.69 Å². The highest BCUT2D eigenvalue weighted by molar-refractivity contribution is 6.03. The van der Waals surface area contributed by atoms with E-state index in [0.717, 1.165) is 86.3 Å². The number of likely N-dealkylation sites (tertiary alicyclic amines) is 1. The highest BCUT2D eigenvalue weighted by Crippen LogP contribution is 2.20. The van der Waals surface area contributed by atoms with E-state index in [4.69, 9.17) is 4.74 Å². The fraction of sp³-hybridized carbons (Fsp3) is 0.452. The van der Waals surface area contributed by atoms with Gasteiger partial charge in [-0.1, -0.05) is 70.0 Å². The number of unbranched alkanes of at least 4 members (excludes halogenated alkanes) is 1. The Kier molecular flexibility index (Phi) is 20.1. The van der Waals surface area contributed by atoms with Crippen molar-refractivity contribution in [1.82, 2.24) is 20.2 Å². The summed E-state index contributed by atoms with van der Waals surface area (Å²) in [4.78, 5) is 34.8. The molecule has 2 aromatic heterocycles. The largest absolute Gasteiger partial charge is 0.381 e. The summed E-state index contributed by atoms with van der Waals surface area (Å²) in [5, 5.41) is 8.37. The molecule has 1 aromatic carbocycles. The number of hydrogen-bond donors (Lipinski definition) is 3. The Morgan fingerprint density at radius 3 is 2.42 bits per heavy atom. The molecule has 0 spiro atoms. The molecule has 1 aliphatic heterocycles. The van der Waals surface area contributed by atoms with Crippen LogP contribution in [0.25, 0.3) is 22.9 Å². The van der Waals surface area contributed by atoms with Crippen molar-refractivity contribution in [1.29, 1.82) is 0 Å². The molecule has 1 atom stereocenters. The first-order valence-electron chi connectivity index (χ1n) is 18.2. The molecule has 2 amide bonds. The number of aromatic nitrogens is 2. The second kappa shape index (κ2) is 24.0. The molecular weight excluding hydrogens is 622 g/mol. The maximum absolute atomic E-state index is 13.0. The van der Waals surface area contributed by atoms with E-state index in [0.29, 0.717) is 12.2 Å². The molecule has 0 saturated carbocycles. The van der Waals surface area contributed by atoms with Crippen molar-refractivity contribution < 1.29 is 14.3 Å². The Hall–Kier alpha value is -4.27. The van der Waals surface area contributed by atoms with Crippen molar-refractivity contribution in [3.63, 3.8) is 0 Å². The van der Waals surface area contributed by atoms with Gasteiger partial charge in [-0.2, -0.15) is 0 Å². The summed E-state index contributed by atoms with van der Waals surface area (Å²) < 4.78 is 5.22.